The first-order chi connectivity index (χ1) is 14.5. The van der Waals surface area contributed by atoms with Crippen LogP contribution in [0.25, 0.3) is 16.3 Å². The highest BCUT2D eigenvalue weighted by Crippen LogP contribution is 2.32. The molecule has 30 heavy (non-hydrogen) atoms. The van der Waals surface area contributed by atoms with Crippen LogP contribution in [0.1, 0.15) is 17.0 Å². The van der Waals surface area contributed by atoms with E-state index in [1.54, 1.807) is 29.5 Å². The molecule has 0 radical (unpaired) electrons. The number of nitrogens with one attached hydrogen (secondary N) is 1. The minimum Gasteiger partial charge on any atom is -0.350 e. The quantitative estimate of drug-likeness (QED) is 0.409. The van der Waals surface area contributed by atoms with E-state index in [1.165, 1.54) is 16.7 Å². The van der Waals surface area contributed by atoms with Crippen LogP contribution in [0, 0.1) is 0 Å². The Morgan fingerprint density at radius 2 is 1.97 bits per heavy atom. The van der Waals surface area contributed by atoms with Gasteiger partial charge >= 0.3 is 0 Å². The molecule has 2 aromatic carbocycles. The summed E-state index contributed by atoms with van der Waals surface area (Å²) in [6, 6.07) is 15.1. The van der Waals surface area contributed by atoms with Crippen molar-refractivity contribution < 1.29 is 9.59 Å². The average molecular weight is 474 g/mol. The van der Waals surface area contributed by atoms with Gasteiger partial charge in [-0.2, -0.15) is 0 Å². The van der Waals surface area contributed by atoms with Crippen LogP contribution in [0.4, 0.5) is 0 Å². The number of thiazole rings is 1. The Kier molecular flexibility index (Phi) is 6.48. The van der Waals surface area contributed by atoms with Gasteiger partial charge in [0.25, 0.3) is 5.91 Å². The van der Waals surface area contributed by atoms with Gasteiger partial charge in [0, 0.05) is 18.0 Å². The largest absolute Gasteiger partial charge is 0.350 e. The second-order valence-electron chi connectivity index (χ2n) is 6.49. The van der Waals surface area contributed by atoms with Gasteiger partial charge in [0.1, 0.15) is 9.33 Å². The van der Waals surface area contributed by atoms with Crippen molar-refractivity contribution in [3.63, 3.8) is 0 Å². The predicted octanol–water partition coefficient (Wildman–Crippen LogP) is 4.86. The fraction of sp³-hybridized carbons (Fsp3) is 0.143. The molecule has 0 bridgehead atoms. The monoisotopic (exact) mass is 473 g/mol. The van der Waals surface area contributed by atoms with Crippen molar-refractivity contribution in [3.8, 4) is 0 Å². The van der Waals surface area contributed by atoms with Gasteiger partial charge in [0.05, 0.1) is 21.7 Å². The zero-order chi connectivity index (χ0) is 21.1. The lowest BCUT2D eigenvalue weighted by Gasteiger charge is -2.13. The summed E-state index contributed by atoms with van der Waals surface area (Å²) in [5.41, 5.74) is 1.80. The highest BCUT2D eigenvalue weighted by Gasteiger charge is 2.32. The van der Waals surface area contributed by atoms with E-state index in [4.69, 9.17) is 23.8 Å². The van der Waals surface area contributed by atoms with Crippen molar-refractivity contribution in [2.75, 3.05) is 6.54 Å². The lowest BCUT2D eigenvalue weighted by molar-refractivity contribution is -0.123. The number of rotatable bonds is 6. The summed E-state index contributed by atoms with van der Waals surface area (Å²) in [6.45, 7) is 0.612. The molecule has 152 valence electrons. The van der Waals surface area contributed by atoms with E-state index >= 15 is 0 Å². The maximum absolute atomic E-state index is 12.7. The van der Waals surface area contributed by atoms with E-state index in [0.717, 1.165) is 20.8 Å². The number of thiocarbonyl (C=S) groups is 1. The smallest absolute Gasteiger partial charge is 0.266 e. The summed E-state index contributed by atoms with van der Waals surface area (Å²) < 4.78 is 1.55. The molecule has 1 aliphatic heterocycles. The summed E-state index contributed by atoms with van der Waals surface area (Å²) in [7, 11) is 0. The molecule has 2 amide bonds. The maximum Gasteiger partial charge on any atom is 0.266 e. The molecular weight excluding hydrogens is 458 g/mol. The third-order valence-corrected chi connectivity index (χ3v) is 7.04. The van der Waals surface area contributed by atoms with E-state index in [1.807, 2.05) is 36.4 Å². The molecule has 3 aromatic rings. The van der Waals surface area contributed by atoms with E-state index in [2.05, 4.69) is 10.3 Å². The second kappa shape index (κ2) is 9.26. The zero-order valence-corrected chi connectivity index (χ0v) is 18.8. The molecule has 0 atom stereocenters. The van der Waals surface area contributed by atoms with Crippen LogP contribution in [0.2, 0.25) is 5.02 Å². The highest BCUT2D eigenvalue weighted by atomic mass is 35.5. The Balaban J connectivity index is 1.31. The zero-order valence-electron chi connectivity index (χ0n) is 15.6. The van der Waals surface area contributed by atoms with Crippen molar-refractivity contribution in [3.05, 3.63) is 69.0 Å². The average Bonchev–Trinajstić information content (AvgIpc) is 3.27. The van der Waals surface area contributed by atoms with Crippen molar-refractivity contribution in [1.82, 2.24) is 15.2 Å². The van der Waals surface area contributed by atoms with Crippen LogP contribution in [0.5, 0.6) is 0 Å². The van der Waals surface area contributed by atoms with Crippen LogP contribution in [-0.2, 0) is 16.1 Å². The topological polar surface area (TPSA) is 62.3 Å². The molecule has 9 heteroatoms. The van der Waals surface area contributed by atoms with Gasteiger partial charge in [-0.25, -0.2) is 4.98 Å². The minimum absolute atomic E-state index is 0.148. The van der Waals surface area contributed by atoms with E-state index in [0.29, 0.717) is 20.8 Å². The van der Waals surface area contributed by atoms with Gasteiger partial charge in [-0.15, -0.1) is 11.3 Å². The Bertz CT molecular complexity index is 1120. The van der Waals surface area contributed by atoms with Gasteiger partial charge in [0.2, 0.25) is 5.91 Å². The maximum atomic E-state index is 12.7. The summed E-state index contributed by atoms with van der Waals surface area (Å²) in [5, 5.41) is 4.35. The number of thioether (sulfide) groups is 1. The molecule has 2 heterocycles. The summed E-state index contributed by atoms with van der Waals surface area (Å²) in [6.07, 6.45) is 1.95. The molecule has 1 N–H and O–H groups in total. The molecule has 1 saturated heterocycles. The fourth-order valence-corrected chi connectivity index (χ4v) is 5.22. The Labute approximate surface area is 192 Å². The number of hydrogen-bond donors (Lipinski definition) is 1. The lowest BCUT2D eigenvalue weighted by Crippen LogP contribution is -2.33. The van der Waals surface area contributed by atoms with Crippen LogP contribution in [0.15, 0.2) is 53.4 Å². The van der Waals surface area contributed by atoms with Gasteiger partial charge in [0.15, 0.2) is 0 Å². The molecule has 1 fully saturated rings. The molecule has 5 nitrogen and oxygen atoms in total. The van der Waals surface area contributed by atoms with Gasteiger partial charge in [-0.3, -0.25) is 14.5 Å². The third-order valence-electron chi connectivity index (χ3n) is 4.38. The number of para-hydroxylation sites is 1. The molecule has 1 aromatic heterocycles. The number of nitrogens with zero attached hydrogens (tertiary/aromatic N) is 2. The number of carbonyl (C=O) groups is 2. The molecule has 1 aliphatic rings. The predicted molar refractivity (Wildman–Crippen MR) is 127 cm³/mol. The Morgan fingerprint density at radius 3 is 2.73 bits per heavy atom. The first-order valence-electron chi connectivity index (χ1n) is 9.12. The van der Waals surface area contributed by atoms with E-state index < -0.39 is 0 Å². The number of fused-ring (bicyclic) bond motifs is 1. The first-order valence-corrected chi connectivity index (χ1v) is 11.5. The molecule has 0 unspecified atom stereocenters. The number of carbonyl (C=O) groups excluding carboxylic acids is 2. The van der Waals surface area contributed by atoms with Gasteiger partial charge < -0.3 is 5.32 Å². The van der Waals surface area contributed by atoms with Crippen molar-refractivity contribution in [2.45, 2.75) is 13.0 Å². The molecule has 0 spiro atoms. The normalized spacial score (nSPS) is 15.4. The molecular formula is C21H16ClN3O2S3. The number of hydrogen-bond acceptors (Lipinski definition) is 6. The second-order valence-corrected chi connectivity index (χ2v) is 9.71. The lowest BCUT2D eigenvalue weighted by atomic mass is 10.2. The third kappa shape index (κ3) is 4.89. The summed E-state index contributed by atoms with van der Waals surface area (Å²) >= 11 is 14.0. The van der Waals surface area contributed by atoms with Crippen molar-refractivity contribution in [1.29, 1.82) is 0 Å². The summed E-state index contributed by atoms with van der Waals surface area (Å²) in [4.78, 5) is 31.4. The van der Waals surface area contributed by atoms with Crippen LogP contribution in [-0.4, -0.2) is 32.6 Å². The molecule has 4 rings (SSSR count). The van der Waals surface area contributed by atoms with Crippen LogP contribution >= 0.6 is 46.9 Å². The van der Waals surface area contributed by atoms with Gasteiger partial charge in [-0.05, 0) is 35.9 Å². The highest BCUT2D eigenvalue weighted by molar-refractivity contribution is 8.26. The van der Waals surface area contributed by atoms with Crippen molar-refractivity contribution >= 4 is 79.3 Å². The number of benzene rings is 2. The van der Waals surface area contributed by atoms with Crippen LogP contribution in [0.3, 0.4) is 0 Å². The van der Waals surface area contributed by atoms with E-state index in [-0.39, 0.29) is 24.8 Å². The fourth-order valence-electron chi connectivity index (χ4n) is 2.87. The van der Waals surface area contributed by atoms with Crippen molar-refractivity contribution in [2.24, 2.45) is 0 Å². The Hall–Kier alpha value is -2.26. The van der Waals surface area contributed by atoms with Gasteiger partial charge in [-0.1, -0.05) is 59.8 Å². The van der Waals surface area contributed by atoms with Crippen LogP contribution < -0.4 is 5.32 Å². The molecule has 0 saturated carbocycles. The van der Waals surface area contributed by atoms with E-state index in [9.17, 15) is 9.59 Å². The Morgan fingerprint density at radius 1 is 1.20 bits per heavy atom. The standard InChI is InChI=1S/C21H16ClN3O2S3/c22-14-7-5-13(6-8-14)11-17-20(27)25(21(28)30-17)10-9-18(26)23-12-19-24-15-3-1-2-4-16(15)29-19/h1-8,11H,9-10,12H2,(H,23,26)/b17-11-. The molecule has 0 aliphatic carbocycles. The first kappa shape index (κ1) is 21.0. The SMILES string of the molecule is O=C(CCN1C(=O)/C(=C/c2ccc(Cl)cc2)SC1=S)NCc1nc2ccccc2s1. The number of halogens is 1. The number of amides is 2. The minimum atomic E-state index is -0.182. The number of aromatic nitrogens is 1. The summed E-state index contributed by atoms with van der Waals surface area (Å²) in [5.74, 6) is -0.330.